The molecule has 172 valence electrons. The van der Waals surface area contributed by atoms with Gasteiger partial charge in [-0.15, -0.1) is 10.2 Å². The summed E-state index contributed by atoms with van der Waals surface area (Å²) in [5.74, 6) is -0.366. The zero-order valence-electron chi connectivity index (χ0n) is 18.3. The molecule has 1 unspecified atom stereocenters. The molecule has 1 saturated heterocycles. The van der Waals surface area contributed by atoms with E-state index < -0.39 is 11.5 Å². The zero-order chi connectivity index (χ0) is 23.3. The molecule has 1 fully saturated rings. The predicted octanol–water partition coefficient (Wildman–Crippen LogP) is 1.23. The lowest BCUT2D eigenvalue weighted by Gasteiger charge is -2.22. The van der Waals surface area contributed by atoms with E-state index >= 15 is 0 Å². The Balaban J connectivity index is 1.79. The maximum absolute atomic E-state index is 12.7. The van der Waals surface area contributed by atoms with Crippen LogP contribution in [0.5, 0.6) is 5.75 Å². The number of anilines is 3. The molecule has 11 nitrogen and oxygen atoms in total. The van der Waals surface area contributed by atoms with Crippen LogP contribution in [0.25, 0.3) is 0 Å². The molecule has 2 atom stereocenters. The van der Waals surface area contributed by atoms with Gasteiger partial charge in [-0.1, -0.05) is 11.3 Å². The van der Waals surface area contributed by atoms with E-state index in [9.17, 15) is 9.59 Å². The fraction of sp³-hybridized carbons (Fsp3) is 0.421. The second-order valence-corrected chi connectivity index (χ2v) is 8.71. The molecule has 0 spiro atoms. The first-order chi connectivity index (χ1) is 15.4. The van der Waals surface area contributed by atoms with Crippen molar-refractivity contribution < 1.29 is 18.4 Å². The van der Waals surface area contributed by atoms with Crippen molar-refractivity contribution in [3.63, 3.8) is 0 Å². The van der Waals surface area contributed by atoms with Gasteiger partial charge in [-0.05, 0) is 26.3 Å². The van der Waals surface area contributed by atoms with Crippen LogP contribution in [0.1, 0.15) is 30.8 Å². The van der Waals surface area contributed by atoms with Gasteiger partial charge in [-0.3, -0.25) is 10.1 Å². The standard InChI is InChI=1S/C19H26N6O5SSi/c1-10(4-6-20)21-18-23-24-19(31-18)22-16(26)14-8-13(15(28-3)17(27)29-14)25-7-5-12(9-25)11(2)30-32/h4,6,8,11-12,20H,5,7,9H2,1-3,32H3,(H,21,23)(H,22,24,26)/b10-4-,20-6?/t11?,12-/m0/s1. The minimum Gasteiger partial charge on any atom is -0.488 e. The van der Waals surface area contributed by atoms with Crippen LogP contribution in [-0.4, -0.2) is 59.1 Å². The highest BCUT2D eigenvalue weighted by Crippen LogP contribution is 2.32. The van der Waals surface area contributed by atoms with Crippen LogP contribution < -0.4 is 25.9 Å². The average Bonchev–Trinajstić information content (AvgIpc) is 3.42. The second-order valence-electron chi connectivity index (χ2n) is 7.26. The van der Waals surface area contributed by atoms with E-state index in [1.165, 1.54) is 13.2 Å². The molecule has 0 aromatic carbocycles. The molecule has 13 heteroatoms. The molecule has 0 aliphatic carbocycles. The van der Waals surface area contributed by atoms with Gasteiger partial charge in [0.1, 0.15) is 10.5 Å². The number of ether oxygens (including phenoxy) is 1. The maximum Gasteiger partial charge on any atom is 0.381 e. The Morgan fingerprint density at radius 3 is 2.81 bits per heavy atom. The number of methoxy groups -OCH3 is 1. The highest BCUT2D eigenvalue weighted by atomic mass is 32.1. The SMILES string of the molecule is COc1c(N2CC[C@H](C(C)O[SiH3])C2)cc(C(=O)Nc2nnc(N/C(C)=C\C=N)s2)oc1=O. The Bertz CT molecular complexity index is 1070. The third kappa shape index (κ3) is 5.41. The van der Waals surface area contributed by atoms with Crippen LogP contribution in [0, 0.1) is 11.3 Å². The van der Waals surface area contributed by atoms with E-state index in [2.05, 4.69) is 20.8 Å². The van der Waals surface area contributed by atoms with Crippen molar-refractivity contribution in [3.05, 3.63) is 34.0 Å². The summed E-state index contributed by atoms with van der Waals surface area (Å²) < 4.78 is 16.0. The summed E-state index contributed by atoms with van der Waals surface area (Å²) in [7, 11) is 2.06. The Hall–Kier alpha value is -3.03. The fourth-order valence-electron chi connectivity index (χ4n) is 3.40. The minimum absolute atomic E-state index is 0.0671. The number of rotatable bonds is 9. The second kappa shape index (κ2) is 10.5. The lowest BCUT2D eigenvalue weighted by Crippen LogP contribution is -2.27. The summed E-state index contributed by atoms with van der Waals surface area (Å²) in [6, 6.07) is 1.52. The lowest BCUT2D eigenvalue weighted by atomic mass is 10.0. The Morgan fingerprint density at radius 1 is 1.44 bits per heavy atom. The summed E-state index contributed by atoms with van der Waals surface area (Å²) in [6.07, 6.45) is 3.76. The van der Waals surface area contributed by atoms with Gasteiger partial charge in [-0.2, -0.15) is 0 Å². The Morgan fingerprint density at radius 2 is 2.16 bits per heavy atom. The van der Waals surface area contributed by atoms with Gasteiger partial charge >= 0.3 is 5.63 Å². The summed E-state index contributed by atoms with van der Waals surface area (Å²) in [6.45, 7) is 5.23. The van der Waals surface area contributed by atoms with Crippen molar-refractivity contribution >= 4 is 49.9 Å². The normalized spacial score (nSPS) is 17.3. The molecule has 2 aromatic rings. The smallest absolute Gasteiger partial charge is 0.381 e. The first kappa shape index (κ1) is 23.6. The van der Waals surface area contributed by atoms with Gasteiger partial charge in [0, 0.05) is 43.1 Å². The molecule has 0 bridgehead atoms. The molecular weight excluding hydrogens is 452 g/mol. The number of nitrogens with zero attached hydrogens (tertiary/aromatic N) is 3. The van der Waals surface area contributed by atoms with Gasteiger partial charge in [0.2, 0.25) is 16.0 Å². The third-order valence-corrected chi connectivity index (χ3v) is 6.70. The van der Waals surface area contributed by atoms with E-state index in [0.717, 1.165) is 30.5 Å². The van der Waals surface area contributed by atoms with Crippen molar-refractivity contribution in [2.45, 2.75) is 26.4 Å². The summed E-state index contributed by atoms with van der Waals surface area (Å²) in [5.41, 5.74) is 0.496. The van der Waals surface area contributed by atoms with Crippen molar-refractivity contribution in [2.75, 3.05) is 35.7 Å². The molecule has 1 amide bonds. The van der Waals surface area contributed by atoms with Gasteiger partial charge in [0.25, 0.3) is 5.91 Å². The molecule has 3 heterocycles. The topological polar surface area (TPSA) is 143 Å². The van der Waals surface area contributed by atoms with Gasteiger partial charge in [-0.25, -0.2) is 4.79 Å². The number of aromatic nitrogens is 2. The number of carbonyl (C=O) groups excluding carboxylic acids is 1. The summed E-state index contributed by atoms with van der Waals surface area (Å²) in [4.78, 5) is 27.2. The van der Waals surface area contributed by atoms with Gasteiger partial charge in [0.15, 0.2) is 5.76 Å². The zero-order valence-corrected chi connectivity index (χ0v) is 21.1. The number of hydrogen-bond acceptors (Lipinski definition) is 11. The predicted molar refractivity (Wildman–Crippen MR) is 126 cm³/mol. The van der Waals surface area contributed by atoms with Crippen LogP contribution in [0.4, 0.5) is 16.0 Å². The maximum atomic E-state index is 12.7. The van der Waals surface area contributed by atoms with E-state index in [-0.39, 0.29) is 22.7 Å². The Kier molecular flexibility index (Phi) is 7.77. The number of carbonyl (C=O) groups is 1. The first-order valence-electron chi connectivity index (χ1n) is 9.95. The van der Waals surface area contributed by atoms with Crippen LogP contribution >= 0.6 is 11.3 Å². The number of allylic oxidation sites excluding steroid dienone is 2. The molecular formula is C19H26N6O5SSi. The van der Waals surface area contributed by atoms with Crippen LogP contribution in [0.2, 0.25) is 0 Å². The lowest BCUT2D eigenvalue weighted by molar-refractivity contribution is 0.0991. The van der Waals surface area contributed by atoms with E-state index in [0.29, 0.717) is 39.5 Å². The van der Waals surface area contributed by atoms with E-state index in [1.54, 1.807) is 13.0 Å². The van der Waals surface area contributed by atoms with Gasteiger partial charge in [0.05, 0.1) is 12.8 Å². The molecule has 3 rings (SSSR count). The van der Waals surface area contributed by atoms with E-state index in [1.807, 2.05) is 11.8 Å². The monoisotopic (exact) mass is 478 g/mol. The minimum atomic E-state index is -0.724. The molecule has 2 aromatic heterocycles. The highest BCUT2D eigenvalue weighted by molar-refractivity contribution is 7.19. The van der Waals surface area contributed by atoms with Crippen LogP contribution in [-0.2, 0) is 4.43 Å². The van der Waals surface area contributed by atoms with Crippen molar-refractivity contribution in [1.29, 1.82) is 5.41 Å². The van der Waals surface area contributed by atoms with Crippen molar-refractivity contribution in [3.8, 4) is 5.75 Å². The largest absolute Gasteiger partial charge is 0.488 e. The molecule has 1 aliphatic rings. The molecule has 32 heavy (non-hydrogen) atoms. The van der Waals surface area contributed by atoms with Crippen LogP contribution in [0.15, 0.2) is 27.1 Å². The average molecular weight is 479 g/mol. The molecule has 0 radical (unpaired) electrons. The Labute approximate surface area is 191 Å². The number of amides is 1. The molecule has 3 N–H and O–H groups in total. The molecule has 1 aliphatic heterocycles. The van der Waals surface area contributed by atoms with Crippen molar-refractivity contribution in [1.82, 2.24) is 10.2 Å². The number of hydrogen-bond donors (Lipinski definition) is 3. The van der Waals surface area contributed by atoms with E-state index in [4.69, 9.17) is 19.0 Å². The summed E-state index contributed by atoms with van der Waals surface area (Å²) in [5, 5.41) is 21.2. The number of nitrogens with one attached hydrogen (secondary N) is 3. The third-order valence-electron chi connectivity index (χ3n) is 5.20. The molecule has 0 saturated carbocycles. The highest BCUT2D eigenvalue weighted by Gasteiger charge is 2.30. The summed E-state index contributed by atoms with van der Waals surface area (Å²) >= 11 is 1.11. The quantitative estimate of drug-likeness (QED) is 0.358. The fourth-order valence-corrected chi connectivity index (χ4v) is 4.49. The van der Waals surface area contributed by atoms with Crippen molar-refractivity contribution in [2.24, 2.45) is 5.92 Å². The van der Waals surface area contributed by atoms with Crippen LogP contribution in [0.3, 0.4) is 0 Å². The van der Waals surface area contributed by atoms with Gasteiger partial charge < -0.3 is 29.2 Å². The first-order valence-corrected chi connectivity index (χ1v) is 11.6.